The van der Waals surface area contributed by atoms with Gasteiger partial charge in [0.2, 0.25) is 21.8 Å². The lowest BCUT2D eigenvalue weighted by atomic mass is 10.0. The number of rotatable bonds is 13. The topological polar surface area (TPSA) is 96.0 Å². The van der Waals surface area contributed by atoms with E-state index in [2.05, 4.69) is 5.32 Å². The molecule has 8 nitrogen and oxygen atoms in total. The molecule has 0 radical (unpaired) electrons. The number of carbonyl (C=O) groups excluding carboxylic acids is 2. The highest BCUT2D eigenvalue weighted by Crippen LogP contribution is 2.27. The second-order valence-corrected chi connectivity index (χ2v) is 13.9. The van der Waals surface area contributed by atoms with Crippen molar-refractivity contribution in [3.05, 3.63) is 125 Å². The Labute approximate surface area is 276 Å². The normalized spacial score (nSPS) is 14.0. The van der Waals surface area contributed by atoms with Gasteiger partial charge in [0.05, 0.1) is 11.9 Å². The molecule has 4 aromatic carbocycles. The van der Waals surface area contributed by atoms with E-state index in [1.54, 1.807) is 48.5 Å². The van der Waals surface area contributed by atoms with Crippen molar-refractivity contribution in [3.63, 3.8) is 0 Å². The van der Waals surface area contributed by atoms with Crippen molar-refractivity contribution >= 4 is 39.1 Å². The van der Waals surface area contributed by atoms with Gasteiger partial charge in [-0.2, -0.15) is 0 Å². The summed E-state index contributed by atoms with van der Waals surface area (Å²) >= 11 is 6.14. The van der Waals surface area contributed by atoms with Crippen LogP contribution < -0.4 is 14.4 Å². The van der Waals surface area contributed by atoms with Crippen LogP contribution in [0.2, 0.25) is 5.02 Å². The molecule has 1 aliphatic rings. The van der Waals surface area contributed by atoms with Crippen LogP contribution in [0.5, 0.6) is 11.5 Å². The van der Waals surface area contributed by atoms with Gasteiger partial charge in [0.25, 0.3) is 0 Å². The Hall–Kier alpha value is -4.34. The SMILES string of the molecule is CS(=O)(=O)N(CC(=O)N(Cc1ccc(Cl)cc1)[C@@H](Cc1ccccc1)C(=O)NC1CCCC1)c1ccc(Oc2ccccc2)cc1. The predicted molar refractivity (Wildman–Crippen MR) is 181 cm³/mol. The molecule has 10 heteroatoms. The third kappa shape index (κ3) is 9.11. The monoisotopic (exact) mass is 659 g/mol. The van der Waals surface area contributed by atoms with Crippen LogP contribution in [0, 0.1) is 0 Å². The first kappa shape index (κ1) is 33.0. The van der Waals surface area contributed by atoms with E-state index < -0.39 is 28.5 Å². The van der Waals surface area contributed by atoms with Gasteiger partial charge >= 0.3 is 0 Å². The Bertz CT molecular complexity index is 1700. The molecule has 0 bridgehead atoms. The molecule has 0 unspecified atom stereocenters. The zero-order valence-corrected chi connectivity index (χ0v) is 27.3. The number of para-hydroxylation sites is 1. The first-order valence-electron chi connectivity index (χ1n) is 15.3. The Morgan fingerprint density at radius 3 is 2.02 bits per heavy atom. The summed E-state index contributed by atoms with van der Waals surface area (Å²) in [5, 5.41) is 3.72. The van der Waals surface area contributed by atoms with E-state index in [4.69, 9.17) is 16.3 Å². The highest BCUT2D eigenvalue weighted by molar-refractivity contribution is 7.92. The molecular weight excluding hydrogens is 622 g/mol. The number of sulfonamides is 1. The van der Waals surface area contributed by atoms with E-state index in [0.29, 0.717) is 22.2 Å². The number of halogens is 1. The summed E-state index contributed by atoms with van der Waals surface area (Å²) in [6.45, 7) is -0.402. The molecule has 0 aromatic heterocycles. The number of hydrogen-bond donors (Lipinski definition) is 1. The Morgan fingerprint density at radius 2 is 1.41 bits per heavy atom. The fourth-order valence-corrected chi connectivity index (χ4v) is 6.60. The maximum atomic E-state index is 14.3. The summed E-state index contributed by atoms with van der Waals surface area (Å²) in [5.74, 6) is 0.396. The first-order valence-corrected chi connectivity index (χ1v) is 17.6. The number of anilines is 1. The summed E-state index contributed by atoms with van der Waals surface area (Å²) < 4.78 is 33.2. The second-order valence-electron chi connectivity index (χ2n) is 11.5. The highest BCUT2D eigenvalue weighted by atomic mass is 35.5. The number of nitrogens with zero attached hydrogens (tertiary/aromatic N) is 2. The number of hydrogen-bond acceptors (Lipinski definition) is 5. The van der Waals surface area contributed by atoms with Crippen LogP contribution in [0.25, 0.3) is 0 Å². The molecule has 1 atom stereocenters. The summed E-state index contributed by atoms with van der Waals surface area (Å²) in [7, 11) is -3.89. The first-order chi connectivity index (χ1) is 22.2. The maximum absolute atomic E-state index is 14.3. The zero-order chi connectivity index (χ0) is 32.5. The molecule has 0 heterocycles. The number of amides is 2. The van der Waals surface area contributed by atoms with Crippen LogP contribution >= 0.6 is 11.6 Å². The minimum atomic E-state index is -3.89. The van der Waals surface area contributed by atoms with E-state index in [9.17, 15) is 18.0 Å². The smallest absolute Gasteiger partial charge is 0.244 e. The molecule has 0 saturated heterocycles. The predicted octanol–water partition coefficient (Wildman–Crippen LogP) is 6.60. The van der Waals surface area contributed by atoms with E-state index >= 15 is 0 Å². The van der Waals surface area contributed by atoms with Crippen molar-refractivity contribution in [1.82, 2.24) is 10.2 Å². The largest absolute Gasteiger partial charge is 0.457 e. The summed E-state index contributed by atoms with van der Waals surface area (Å²) in [6, 6.07) is 31.5. The van der Waals surface area contributed by atoms with E-state index in [-0.39, 0.29) is 24.9 Å². The lowest BCUT2D eigenvalue weighted by Gasteiger charge is -2.34. The van der Waals surface area contributed by atoms with Gasteiger partial charge in [-0.25, -0.2) is 8.42 Å². The van der Waals surface area contributed by atoms with Crippen LogP contribution in [0.1, 0.15) is 36.8 Å². The molecule has 46 heavy (non-hydrogen) atoms. The van der Waals surface area contributed by atoms with Crippen molar-refractivity contribution < 1.29 is 22.7 Å². The standard InChI is InChI=1S/C36H38ClN3O5S/c1-46(43,44)40(31-20-22-33(23-21-31)45-32-14-6-3-7-15-32)26-35(41)39(25-28-16-18-29(37)19-17-28)34(24-27-10-4-2-5-11-27)36(42)38-30-12-8-9-13-30/h2-7,10-11,14-23,30,34H,8-9,12-13,24-26H2,1H3,(H,38,42)/t34-/m0/s1. The van der Waals surface area contributed by atoms with Gasteiger partial charge in [0.15, 0.2) is 0 Å². The number of ether oxygens (including phenoxy) is 1. The molecule has 2 amide bonds. The molecule has 0 aliphatic heterocycles. The molecule has 1 N–H and O–H groups in total. The van der Waals surface area contributed by atoms with Crippen molar-refractivity contribution in [2.45, 2.75) is 50.7 Å². The van der Waals surface area contributed by atoms with Crippen LogP contribution in [0.3, 0.4) is 0 Å². The Balaban J connectivity index is 1.45. The van der Waals surface area contributed by atoms with E-state index in [1.807, 2.05) is 60.7 Å². The fraction of sp³-hybridized carbons (Fsp3) is 0.278. The second kappa shape index (κ2) is 15.3. The minimum absolute atomic E-state index is 0.0439. The summed E-state index contributed by atoms with van der Waals surface area (Å²) in [5.41, 5.74) is 1.95. The fourth-order valence-electron chi connectivity index (χ4n) is 5.63. The van der Waals surface area contributed by atoms with Gasteiger partial charge in [0.1, 0.15) is 24.1 Å². The van der Waals surface area contributed by atoms with Gasteiger partial charge < -0.3 is 15.0 Å². The third-order valence-corrected chi connectivity index (χ3v) is 9.41. The minimum Gasteiger partial charge on any atom is -0.457 e. The molecule has 1 aliphatic carbocycles. The van der Waals surface area contributed by atoms with Crippen molar-refractivity contribution in [2.24, 2.45) is 0 Å². The number of nitrogens with one attached hydrogen (secondary N) is 1. The average Bonchev–Trinajstić information content (AvgIpc) is 3.56. The zero-order valence-electron chi connectivity index (χ0n) is 25.7. The molecule has 4 aromatic rings. The Kier molecular flexibility index (Phi) is 11.0. The molecule has 1 fully saturated rings. The molecule has 240 valence electrons. The van der Waals surface area contributed by atoms with Gasteiger partial charge in [-0.15, -0.1) is 0 Å². The van der Waals surface area contributed by atoms with Gasteiger partial charge in [-0.05, 0) is 72.5 Å². The lowest BCUT2D eigenvalue weighted by Crippen LogP contribution is -2.54. The maximum Gasteiger partial charge on any atom is 0.244 e. The molecule has 0 spiro atoms. The van der Waals surface area contributed by atoms with Crippen LogP contribution in [-0.4, -0.2) is 50.0 Å². The van der Waals surface area contributed by atoms with Gasteiger partial charge in [0, 0.05) is 24.0 Å². The quantitative estimate of drug-likeness (QED) is 0.175. The van der Waals surface area contributed by atoms with Crippen molar-refractivity contribution in [1.29, 1.82) is 0 Å². The average molecular weight is 660 g/mol. The van der Waals surface area contributed by atoms with Crippen molar-refractivity contribution in [2.75, 3.05) is 17.1 Å². The number of benzene rings is 4. The van der Waals surface area contributed by atoms with Crippen molar-refractivity contribution in [3.8, 4) is 11.5 Å². The molecular formula is C36H38ClN3O5S. The highest BCUT2D eigenvalue weighted by Gasteiger charge is 2.34. The van der Waals surface area contributed by atoms with E-state index in [1.165, 1.54) is 4.90 Å². The van der Waals surface area contributed by atoms with E-state index in [0.717, 1.165) is 47.4 Å². The summed E-state index contributed by atoms with van der Waals surface area (Å²) in [4.78, 5) is 29.8. The molecule has 1 saturated carbocycles. The third-order valence-electron chi connectivity index (χ3n) is 8.02. The van der Waals surface area contributed by atoms with Gasteiger partial charge in [-0.1, -0.05) is 85.1 Å². The Morgan fingerprint density at radius 1 is 0.826 bits per heavy atom. The summed E-state index contributed by atoms with van der Waals surface area (Å²) in [6.07, 6.45) is 5.19. The van der Waals surface area contributed by atoms with Crippen LogP contribution in [-0.2, 0) is 32.6 Å². The van der Waals surface area contributed by atoms with Gasteiger partial charge in [-0.3, -0.25) is 13.9 Å². The lowest BCUT2D eigenvalue weighted by molar-refractivity contribution is -0.140. The van der Waals surface area contributed by atoms with Crippen LogP contribution in [0.4, 0.5) is 5.69 Å². The number of carbonyl (C=O) groups is 2. The van der Waals surface area contributed by atoms with Crippen LogP contribution in [0.15, 0.2) is 109 Å². The molecule has 5 rings (SSSR count).